The Kier molecular flexibility index (Phi) is 6.45. The quantitative estimate of drug-likeness (QED) is 0.546. The second-order valence-electron chi connectivity index (χ2n) is 7.72. The highest BCUT2D eigenvalue weighted by Gasteiger charge is 2.32. The van der Waals surface area contributed by atoms with Crippen LogP contribution in [0.5, 0.6) is 0 Å². The van der Waals surface area contributed by atoms with Crippen molar-refractivity contribution in [3.63, 3.8) is 0 Å². The lowest BCUT2D eigenvalue weighted by Crippen LogP contribution is -2.38. The molecule has 0 radical (unpaired) electrons. The molecule has 0 unspecified atom stereocenters. The number of piperidine rings is 1. The van der Waals surface area contributed by atoms with E-state index in [2.05, 4.69) is 30.9 Å². The molecule has 3 rings (SSSR count). The zero-order valence-corrected chi connectivity index (χ0v) is 17.9. The molecule has 2 saturated heterocycles. The number of carboxylic acids is 1. The monoisotopic (exact) mass is 418 g/mol. The number of nitrogens with zero attached hydrogens (tertiary/aromatic N) is 2. The van der Waals surface area contributed by atoms with E-state index < -0.39 is 5.97 Å². The van der Waals surface area contributed by atoms with E-state index in [4.69, 9.17) is 17.3 Å². The van der Waals surface area contributed by atoms with Gasteiger partial charge in [-0.3, -0.25) is 14.5 Å². The Balaban J connectivity index is 1.65. The number of benzene rings is 1. The Morgan fingerprint density at radius 1 is 1.29 bits per heavy atom. The molecule has 0 aromatic heterocycles. The summed E-state index contributed by atoms with van der Waals surface area (Å²) < 4.78 is 0.418. The molecule has 1 aromatic carbocycles. The van der Waals surface area contributed by atoms with Gasteiger partial charge in [0.1, 0.15) is 4.32 Å². The summed E-state index contributed by atoms with van der Waals surface area (Å²) in [6, 6.07) is 8.25. The first-order chi connectivity index (χ1) is 13.3. The standard InChI is InChI=1S/C21H26N2O3S2/c1-3-21(2)9-12-22(13-10-21)16-6-4-15(5-7-16)14-17-19(26)23(20(27)28-17)11-8-18(24)25/h4-7,14H,3,8-13H2,1-2H3,(H,24,25). The Bertz CT molecular complexity index is 796. The molecule has 0 bridgehead atoms. The van der Waals surface area contributed by atoms with Crippen LogP contribution >= 0.6 is 24.0 Å². The minimum atomic E-state index is -0.939. The third-order valence-corrected chi connectivity index (χ3v) is 7.18. The van der Waals surface area contributed by atoms with Crippen LogP contribution in [0, 0.1) is 5.41 Å². The third kappa shape index (κ3) is 4.75. The number of thiocarbonyl (C=S) groups is 1. The molecular weight excluding hydrogens is 392 g/mol. The summed E-state index contributed by atoms with van der Waals surface area (Å²) in [6.07, 6.45) is 5.37. The summed E-state index contributed by atoms with van der Waals surface area (Å²) in [4.78, 5) is 27.6. The molecule has 2 heterocycles. The van der Waals surface area contributed by atoms with Gasteiger partial charge in [-0.1, -0.05) is 56.4 Å². The van der Waals surface area contributed by atoms with Gasteiger partial charge in [0, 0.05) is 25.3 Å². The van der Waals surface area contributed by atoms with Crippen LogP contribution in [0.1, 0.15) is 45.1 Å². The minimum absolute atomic E-state index is 0.110. The largest absolute Gasteiger partial charge is 0.481 e. The summed E-state index contributed by atoms with van der Waals surface area (Å²) in [7, 11) is 0. The van der Waals surface area contributed by atoms with Crippen LogP contribution in [0.15, 0.2) is 29.2 Å². The Morgan fingerprint density at radius 2 is 1.93 bits per heavy atom. The van der Waals surface area contributed by atoms with Gasteiger partial charge in [-0.25, -0.2) is 0 Å². The zero-order chi connectivity index (χ0) is 20.3. The van der Waals surface area contributed by atoms with Crippen LogP contribution in [-0.2, 0) is 9.59 Å². The van der Waals surface area contributed by atoms with Gasteiger partial charge in [0.25, 0.3) is 5.91 Å². The van der Waals surface area contributed by atoms with Crippen LogP contribution < -0.4 is 4.90 Å². The van der Waals surface area contributed by atoms with E-state index in [9.17, 15) is 9.59 Å². The third-order valence-electron chi connectivity index (χ3n) is 5.80. The maximum atomic E-state index is 12.5. The lowest BCUT2D eigenvalue weighted by atomic mass is 9.78. The number of hydrogen-bond acceptors (Lipinski definition) is 5. The topological polar surface area (TPSA) is 60.9 Å². The molecule has 2 aliphatic heterocycles. The van der Waals surface area contributed by atoms with Gasteiger partial charge < -0.3 is 10.0 Å². The number of hydrogen-bond donors (Lipinski definition) is 1. The molecule has 0 spiro atoms. The number of carboxylic acid groups (broad SMARTS) is 1. The van der Waals surface area contributed by atoms with Crippen molar-refractivity contribution in [1.29, 1.82) is 0 Å². The van der Waals surface area contributed by atoms with Gasteiger partial charge in [-0.2, -0.15) is 0 Å². The van der Waals surface area contributed by atoms with Crippen LogP contribution in [0.3, 0.4) is 0 Å². The lowest BCUT2D eigenvalue weighted by molar-refractivity contribution is -0.137. The zero-order valence-electron chi connectivity index (χ0n) is 16.3. The first-order valence-electron chi connectivity index (χ1n) is 9.63. The van der Waals surface area contributed by atoms with E-state index >= 15 is 0 Å². The van der Waals surface area contributed by atoms with Crippen molar-refractivity contribution in [2.75, 3.05) is 24.5 Å². The number of rotatable bonds is 6. The molecule has 150 valence electrons. The molecule has 1 N–H and O–H groups in total. The number of aliphatic carboxylic acids is 1. The van der Waals surface area contributed by atoms with Crippen LogP contribution in [0.2, 0.25) is 0 Å². The highest BCUT2D eigenvalue weighted by Crippen LogP contribution is 2.36. The summed E-state index contributed by atoms with van der Waals surface area (Å²) >= 11 is 6.45. The van der Waals surface area contributed by atoms with Gasteiger partial charge in [-0.15, -0.1) is 0 Å². The van der Waals surface area contributed by atoms with Crippen molar-refractivity contribution in [2.45, 2.75) is 39.5 Å². The fourth-order valence-corrected chi connectivity index (χ4v) is 4.80. The number of carbonyl (C=O) groups excluding carboxylic acids is 1. The van der Waals surface area contributed by atoms with Gasteiger partial charge in [0.05, 0.1) is 11.3 Å². The highest BCUT2D eigenvalue weighted by atomic mass is 32.2. The summed E-state index contributed by atoms with van der Waals surface area (Å²) in [5.41, 5.74) is 2.62. The van der Waals surface area contributed by atoms with E-state index in [0.717, 1.165) is 18.7 Å². The fourth-order valence-electron chi connectivity index (χ4n) is 3.49. The highest BCUT2D eigenvalue weighted by molar-refractivity contribution is 8.26. The fraction of sp³-hybridized carbons (Fsp3) is 0.476. The molecule has 7 heteroatoms. The number of amides is 1. The molecule has 0 saturated carbocycles. The second-order valence-corrected chi connectivity index (χ2v) is 9.40. The maximum absolute atomic E-state index is 12.5. The predicted molar refractivity (Wildman–Crippen MR) is 118 cm³/mol. The van der Waals surface area contributed by atoms with Crippen molar-refractivity contribution in [3.05, 3.63) is 34.7 Å². The molecule has 2 aliphatic rings. The average Bonchev–Trinajstić information content (AvgIpc) is 2.94. The van der Waals surface area contributed by atoms with E-state index in [0.29, 0.717) is 14.6 Å². The second kappa shape index (κ2) is 8.66. The SMILES string of the molecule is CCC1(C)CCN(c2ccc(C=C3SC(=S)N(CCC(=O)O)C3=O)cc2)CC1. The molecule has 28 heavy (non-hydrogen) atoms. The summed E-state index contributed by atoms with van der Waals surface area (Å²) in [6.45, 7) is 6.91. The van der Waals surface area contributed by atoms with Gasteiger partial charge in [0.2, 0.25) is 0 Å². The Morgan fingerprint density at radius 3 is 2.50 bits per heavy atom. The average molecular weight is 419 g/mol. The number of carbonyl (C=O) groups is 2. The first-order valence-corrected chi connectivity index (χ1v) is 10.9. The van der Waals surface area contributed by atoms with E-state index in [-0.39, 0.29) is 18.9 Å². The smallest absolute Gasteiger partial charge is 0.305 e. The molecule has 1 aromatic rings. The molecular formula is C21H26N2O3S2. The normalized spacial score (nSPS) is 20.9. The van der Waals surface area contributed by atoms with E-state index in [1.54, 1.807) is 0 Å². The lowest BCUT2D eigenvalue weighted by Gasteiger charge is -2.40. The van der Waals surface area contributed by atoms with Crippen LogP contribution in [0.25, 0.3) is 6.08 Å². The van der Waals surface area contributed by atoms with Gasteiger partial charge in [0.15, 0.2) is 0 Å². The molecule has 2 fully saturated rings. The predicted octanol–water partition coefficient (Wildman–Crippen LogP) is 4.38. The maximum Gasteiger partial charge on any atom is 0.305 e. The minimum Gasteiger partial charge on any atom is -0.481 e. The number of anilines is 1. The molecule has 0 atom stereocenters. The van der Waals surface area contributed by atoms with Crippen molar-refractivity contribution >= 4 is 51.9 Å². The Labute approximate surface area is 175 Å². The first kappa shape index (κ1) is 20.9. The van der Waals surface area contributed by atoms with Gasteiger partial charge >= 0.3 is 5.97 Å². The summed E-state index contributed by atoms with van der Waals surface area (Å²) in [5.74, 6) is -1.15. The number of thioether (sulfide) groups is 1. The summed E-state index contributed by atoms with van der Waals surface area (Å²) in [5, 5.41) is 8.82. The van der Waals surface area contributed by atoms with Crippen molar-refractivity contribution in [3.8, 4) is 0 Å². The Hall–Kier alpha value is -1.86. The van der Waals surface area contributed by atoms with E-state index in [1.807, 2.05) is 18.2 Å². The van der Waals surface area contributed by atoms with Crippen LogP contribution in [-0.4, -0.2) is 45.8 Å². The molecule has 5 nitrogen and oxygen atoms in total. The van der Waals surface area contributed by atoms with Crippen molar-refractivity contribution < 1.29 is 14.7 Å². The van der Waals surface area contributed by atoms with Crippen molar-refractivity contribution in [1.82, 2.24) is 4.90 Å². The van der Waals surface area contributed by atoms with E-state index in [1.165, 1.54) is 41.6 Å². The molecule has 1 amide bonds. The molecule has 0 aliphatic carbocycles. The van der Waals surface area contributed by atoms with Gasteiger partial charge in [-0.05, 0) is 42.0 Å². The van der Waals surface area contributed by atoms with Crippen molar-refractivity contribution in [2.24, 2.45) is 5.41 Å². The van der Waals surface area contributed by atoms with Crippen LogP contribution in [0.4, 0.5) is 5.69 Å².